The summed E-state index contributed by atoms with van der Waals surface area (Å²) in [5.74, 6) is 0. The van der Waals surface area contributed by atoms with Gasteiger partial charge in [0.25, 0.3) is 0 Å². The maximum absolute atomic E-state index is 10.0. The minimum Gasteiger partial charge on any atom is -0.391 e. The molecule has 14 heavy (non-hydrogen) atoms. The van der Waals surface area contributed by atoms with Crippen molar-refractivity contribution in [3.05, 3.63) is 0 Å². The molecule has 0 amide bonds. The van der Waals surface area contributed by atoms with Crippen molar-refractivity contribution in [1.29, 1.82) is 0 Å². The quantitative estimate of drug-likeness (QED) is 0.680. The van der Waals surface area contributed by atoms with Crippen molar-refractivity contribution in [2.45, 2.75) is 71.1 Å². The molecule has 0 radical (unpaired) electrons. The van der Waals surface area contributed by atoms with Gasteiger partial charge in [-0.15, -0.1) is 0 Å². The van der Waals surface area contributed by atoms with Crippen LogP contribution < -0.4 is 0 Å². The molecule has 1 rings (SSSR count). The standard InChI is InChI=1S/C12H25NO/c1-4-7-12(14)11(5-2)13(6-3)10-8-9-10/h10-12,14H,4-9H2,1-3H3. The molecular weight excluding hydrogens is 174 g/mol. The number of hydrogen-bond acceptors (Lipinski definition) is 2. The molecule has 2 unspecified atom stereocenters. The molecule has 0 bridgehead atoms. The lowest BCUT2D eigenvalue weighted by Crippen LogP contribution is -2.44. The minimum absolute atomic E-state index is 0.120. The van der Waals surface area contributed by atoms with Crippen LogP contribution in [0.4, 0.5) is 0 Å². The summed E-state index contributed by atoms with van der Waals surface area (Å²) in [7, 11) is 0. The van der Waals surface area contributed by atoms with Crippen LogP contribution >= 0.6 is 0 Å². The molecule has 0 spiro atoms. The molecule has 2 heteroatoms. The van der Waals surface area contributed by atoms with Gasteiger partial charge >= 0.3 is 0 Å². The van der Waals surface area contributed by atoms with E-state index in [1.807, 2.05) is 0 Å². The molecule has 2 atom stereocenters. The number of aliphatic hydroxyl groups excluding tert-OH is 1. The Morgan fingerprint density at radius 1 is 1.29 bits per heavy atom. The highest BCUT2D eigenvalue weighted by atomic mass is 16.3. The van der Waals surface area contributed by atoms with Crippen LogP contribution in [0.25, 0.3) is 0 Å². The van der Waals surface area contributed by atoms with Gasteiger partial charge in [-0.2, -0.15) is 0 Å². The van der Waals surface area contributed by atoms with Gasteiger partial charge in [0.05, 0.1) is 6.10 Å². The van der Waals surface area contributed by atoms with Crippen LogP contribution in [-0.4, -0.2) is 34.7 Å². The lowest BCUT2D eigenvalue weighted by atomic mass is 10.0. The van der Waals surface area contributed by atoms with Gasteiger partial charge in [-0.25, -0.2) is 0 Å². The van der Waals surface area contributed by atoms with Crippen molar-refractivity contribution in [3.8, 4) is 0 Å². The third kappa shape index (κ3) is 2.96. The Balaban J connectivity index is 2.48. The molecular formula is C12H25NO. The van der Waals surface area contributed by atoms with E-state index in [1.54, 1.807) is 0 Å². The van der Waals surface area contributed by atoms with Crippen molar-refractivity contribution in [1.82, 2.24) is 4.90 Å². The molecule has 0 aliphatic heterocycles. The monoisotopic (exact) mass is 199 g/mol. The van der Waals surface area contributed by atoms with Gasteiger partial charge in [0.15, 0.2) is 0 Å². The van der Waals surface area contributed by atoms with Gasteiger partial charge in [0.2, 0.25) is 0 Å². The summed E-state index contributed by atoms with van der Waals surface area (Å²) in [6.07, 6.45) is 5.66. The lowest BCUT2D eigenvalue weighted by molar-refractivity contribution is 0.0387. The molecule has 0 saturated heterocycles. The van der Waals surface area contributed by atoms with Crippen LogP contribution in [0.5, 0.6) is 0 Å². The summed E-state index contributed by atoms with van der Waals surface area (Å²) < 4.78 is 0. The highest BCUT2D eigenvalue weighted by molar-refractivity contribution is 4.90. The molecule has 0 aromatic rings. The second kappa shape index (κ2) is 5.72. The van der Waals surface area contributed by atoms with Gasteiger partial charge in [-0.3, -0.25) is 4.90 Å². The summed E-state index contributed by atoms with van der Waals surface area (Å²) in [5, 5.41) is 10.0. The second-order valence-electron chi connectivity index (χ2n) is 4.39. The first kappa shape index (κ1) is 12.0. The van der Waals surface area contributed by atoms with E-state index < -0.39 is 0 Å². The first-order valence-corrected chi connectivity index (χ1v) is 6.18. The first-order chi connectivity index (χ1) is 6.74. The molecule has 1 aliphatic carbocycles. The van der Waals surface area contributed by atoms with E-state index in [4.69, 9.17) is 0 Å². The highest BCUT2D eigenvalue weighted by Gasteiger charge is 2.34. The summed E-state index contributed by atoms with van der Waals surface area (Å²) in [5.41, 5.74) is 0. The third-order valence-electron chi connectivity index (χ3n) is 3.25. The van der Waals surface area contributed by atoms with E-state index in [1.165, 1.54) is 12.8 Å². The van der Waals surface area contributed by atoms with E-state index in [2.05, 4.69) is 25.7 Å². The maximum Gasteiger partial charge on any atom is 0.0695 e. The van der Waals surface area contributed by atoms with Crippen LogP contribution in [0, 0.1) is 0 Å². The molecule has 2 nitrogen and oxygen atoms in total. The topological polar surface area (TPSA) is 23.5 Å². The molecule has 0 aromatic carbocycles. The molecule has 1 N–H and O–H groups in total. The van der Waals surface area contributed by atoms with E-state index >= 15 is 0 Å². The van der Waals surface area contributed by atoms with E-state index in [-0.39, 0.29) is 6.10 Å². The fourth-order valence-electron chi connectivity index (χ4n) is 2.39. The Labute approximate surface area is 88.3 Å². The van der Waals surface area contributed by atoms with Gasteiger partial charge in [0, 0.05) is 12.1 Å². The Bertz CT molecular complexity index is 156. The molecule has 1 saturated carbocycles. The predicted octanol–water partition coefficient (Wildman–Crippen LogP) is 2.41. The van der Waals surface area contributed by atoms with Crippen LogP contribution in [0.1, 0.15) is 52.9 Å². The average molecular weight is 199 g/mol. The largest absolute Gasteiger partial charge is 0.391 e. The maximum atomic E-state index is 10.0. The van der Waals surface area contributed by atoms with Crippen LogP contribution in [0.2, 0.25) is 0 Å². The fourth-order valence-corrected chi connectivity index (χ4v) is 2.39. The van der Waals surface area contributed by atoms with Crippen molar-refractivity contribution in [3.63, 3.8) is 0 Å². The number of rotatable bonds is 7. The lowest BCUT2D eigenvalue weighted by Gasteiger charge is -2.33. The summed E-state index contributed by atoms with van der Waals surface area (Å²) in [4.78, 5) is 2.50. The van der Waals surface area contributed by atoms with Crippen LogP contribution in [-0.2, 0) is 0 Å². The van der Waals surface area contributed by atoms with Gasteiger partial charge in [-0.1, -0.05) is 27.2 Å². The molecule has 84 valence electrons. The fraction of sp³-hybridized carbons (Fsp3) is 1.00. The van der Waals surface area contributed by atoms with Gasteiger partial charge < -0.3 is 5.11 Å². The minimum atomic E-state index is -0.120. The summed E-state index contributed by atoms with van der Waals surface area (Å²) in [6.45, 7) is 7.63. The third-order valence-corrected chi connectivity index (χ3v) is 3.25. The normalized spacial score (nSPS) is 21.2. The van der Waals surface area contributed by atoms with E-state index in [9.17, 15) is 5.11 Å². The summed E-state index contributed by atoms with van der Waals surface area (Å²) in [6, 6.07) is 1.17. The number of nitrogens with zero attached hydrogens (tertiary/aromatic N) is 1. The Hall–Kier alpha value is -0.0800. The van der Waals surface area contributed by atoms with Gasteiger partial charge in [-0.05, 0) is 32.2 Å². The van der Waals surface area contributed by atoms with Crippen LogP contribution in [0.15, 0.2) is 0 Å². The Morgan fingerprint density at radius 2 is 1.93 bits per heavy atom. The molecule has 0 aromatic heterocycles. The zero-order valence-corrected chi connectivity index (χ0v) is 9.87. The van der Waals surface area contributed by atoms with Crippen LogP contribution in [0.3, 0.4) is 0 Å². The van der Waals surface area contributed by atoms with Crippen molar-refractivity contribution < 1.29 is 5.11 Å². The zero-order valence-electron chi connectivity index (χ0n) is 9.87. The van der Waals surface area contributed by atoms with E-state index in [0.29, 0.717) is 6.04 Å². The molecule has 0 heterocycles. The molecule has 1 fully saturated rings. The highest BCUT2D eigenvalue weighted by Crippen LogP contribution is 2.30. The molecule has 1 aliphatic rings. The van der Waals surface area contributed by atoms with E-state index in [0.717, 1.165) is 31.8 Å². The van der Waals surface area contributed by atoms with Crippen molar-refractivity contribution in [2.75, 3.05) is 6.54 Å². The Morgan fingerprint density at radius 3 is 2.29 bits per heavy atom. The average Bonchev–Trinajstić information content (AvgIpc) is 2.97. The number of aliphatic hydroxyl groups is 1. The smallest absolute Gasteiger partial charge is 0.0695 e. The predicted molar refractivity (Wildman–Crippen MR) is 60.4 cm³/mol. The van der Waals surface area contributed by atoms with Crippen molar-refractivity contribution in [2.24, 2.45) is 0 Å². The Kier molecular flexibility index (Phi) is 4.90. The first-order valence-electron chi connectivity index (χ1n) is 6.18. The number of likely N-dealkylation sites (N-methyl/N-ethyl adjacent to an activating group) is 1. The summed E-state index contributed by atoms with van der Waals surface area (Å²) >= 11 is 0. The second-order valence-corrected chi connectivity index (χ2v) is 4.39. The van der Waals surface area contributed by atoms with Crippen molar-refractivity contribution >= 4 is 0 Å². The van der Waals surface area contributed by atoms with Gasteiger partial charge in [0.1, 0.15) is 0 Å². The number of hydrogen-bond donors (Lipinski definition) is 1. The zero-order chi connectivity index (χ0) is 10.6. The SMILES string of the molecule is CCCC(O)C(CC)N(CC)C1CC1.